The number of benzene rings is 1. The standard InChI is InChI=1S/C17H26N2O2/c1-11-7-13(8-12(2)16(11)21-4)10-19(3)17(20)14-5-6-15(18)9-14/h7-8,14-15H,5-6,9-10,18H2,1-4H3/t14-,15-/m1/s1. The third-order valence-corrected chi connectivity index (χ3v) is 4.34. The lowest BCUT2D eigenvalue weighted by Gasteiger charge is -2.22. The lowest BCUT2D eigenvalue weighted by Crippen LogP contribution is -2.32. The van der Waals surface area contributed by atoms with Crippen LogP contribution in [0.2, 0.25) is 0 Å². The lowest BCUT2D eigenvalue weighted by molar-refractivity contribution is -0.134. The number of nitrogens with two attached hydrogens (primary N) is 1. The average Bonchev–Trinajstić information content (AvgIpc) is 2.84. The zero-order valence-electron chi connectivity index (χ0n) is 13.5. The first-order valence-electron chi connectivity index (χ1n) is 7.57. The van der Waals surface area contributed by atoms with Crippen LogP contribution in [0.4, 0.5) is 0 Å². The van der Waals surface area contributed by atoms with E-state index < -0.39 is 0 Å². The molecule has 2 rings (SSSR count). The Morgan fingerprint density at radius 3 is 2.43 bits per heavy atom. The molecular weight excluding hydrogens is 264 g/mol. The van der Waals surface area contributed by atoms with E-state index in [0.29, 0.717) is 6.54 Å². The molecule has 2 atom stereocenters. The summed E-state index contributed by atoms with van der Waals surface area (Å²) in [4.78, 5) is 14.3. The molecule has 4 heteroatoms. The molecular formula is C17H26N2O2. The van der Waals surface area contributed by atoms with Gasteiger partial charge in [-0.25, -0.2) is 0 Å². The Labute approximate surface area is 127 Å². The van der Waals surface area contributed by atoms with Crippen LogP contribution in [0.3, 0.4) is 0 Å². The van der Waals surface area contributed by atoms with Crippen molar-refractivity contribution in [1.29, 1.82) is 0 Å². The van der Waals surface area contributed by atoms with Gasteiger partial charge >= 0.3 is 0 Å². The van der Waals surface area contributed by atoms with E-state index in [1.165, 1.54) is 0 Å². The van der Waals surface area contributed by atoms with E-state index in [1.54, 1.807) is 7.11 Å². The molecule has 2 N–H and O–H groups in total. The smallest absolute Gasteiger partial charge is 0.225 e. The van der Waals surface area contributed by atoms with Crippen molar-refractivity contribution < 1.29 is 9.53 Å². The molecule has 1 aromatic rings. The summed E-state index contributed by atoms with van der Waals surface area (Å²) in [6.07, 6.45) is 2.71. The van der Waals surface area contributed by atoms with Crippen LogP contribution in [0.15, 0.2) is 12.1 Å². The molecule has 0 aliphatic heterocycles. The van der Waals surface area contributed by atoms with Crippen molar-refractivity contribution in [3.05, 3.63) is 28.8 Å². The van der Waals surface area contributed by atoms with Crippen LogP contribution >= 0.6 is 0 Å². The Morgan fingerprint density at radius 1 is 1.33 bits per heavy atom. The van der Waals surface area contributed by atoms with Crippen LogP contribution in [-0.4, -0.2) is 31.0 Å². The minimum atomic E-state index is 0.102. The van der Waals surface area contributed by atoms with Crippen molar-refractivity contribution in [3.63, 3.8) is 0 Å². The topological polar surface area (TPSA) is 55.6 Å². The minimum Gasteiger partial charge on any atom is -0.496 e. The maximum Gasteiger partial charge on any atom is 0.225 e. The quantitative estimate of drug-likeness (QED) is 0.926. The number of hydrogen-bond acceptors (Lipinski definition) is 3. The molecule has 0 bridgehead atoms. The average molecular weight is 290 g/mol. The van der Waals surface area contributed by atoms with Gasteiger partial charge in [0, 0.05) is 25.6 Å². The van der Waals surface area contributed by atoms with E-state index in [1.807, 2.05) is 25.8 Å². The second kappa shape index (κ2) is 6.48. The fourth-order valence-electron chi connectivity index (χ4n) is 3.36. The molecule has 1 aromatic carbocycles. The summed E-state index contributed by atoms with van der Waals surface area (Å²) in [6.45, 7) is 4.70. The predicted octanol–water partition coefficient (Wildman–Crippen LogP) is 2.40. The molecule has 0 unspecified atom stereocenters. The highest BCUT2D eigenvalue weighted by molar-refractivity contribution is 5.79. The monoisotopic (exact) mass is 290 g/mol. The third-order valence-electron chi connectivity index (χ3n) is 4.34. The maximum absolute atomic E-state index is 12.4. The van der Waals surface area contributed by atoms with Gasteiger partial charge in [0.25, 0.3) is 0 Å². The van der Waals surface area contributed by atoms with Gasteiger partial charge < -0.3 is 15.4 Å². The second-order valence-corrected chi connectivity index (χ2v) is 6.23. The van der Waals surface area contributed by atoms with Crippen LogP contribution in [0.1, 0.15) is 36.0 Å². The Morgan fingerprint density at radius 2 is 1.95 bits per heavy atom. The number of hydrogen-bond donors (Lipinski definition) is 1. The van der Waals surface area contributed by atoms with Gasteiger partial charge in [0.2, 0.25) is 5.91 Å². The van der Waals surface area contributed by atoms with Crippen LogP contribution in [-0.2, 0) is 11.3 Å². The van der Waals surface area contributed by atoms with Crippen LogP contribution < -0.4 is 10.5 Å². The first kappa shape index (κ1) is 15.8. The highest BCUT2D eigenvalue weighted by Gasteiger charge is 2.29. The molecule has 0 saturated heterocycles. The number of rotatable bonds is 4. The van der Waals surface area contributed by atoms with Crippen molar-refractivity contribution in [2.45, 2.75) is 45.7 Å². The van der Waals surface area contributed by atoms with E-state index >= 15 is 0 Å². The molecule has 4 nitrogen and oxygen atoms in total. The zero-order chi connectivity index (χ0) is 15.6. The van der Waals surface area contributed by atoms with E-state index in [-0.39, 0.29) is 17.9 Å². The molecule has 21 heavy (non-hydrogen) atoms. The highest BCUT2D eigenvalue weighted by Crippen LogP contribution is 2.28. The van der Waals surface area contributed by atoms with Gasteiger partial charge in [-0.3, -0.25) is 4.79 Å². The Bertz CT molecular complexity index is 505. The largest absolute Gasteiger partial charge is 0.496 e. The summed E-state index contributed by atoms with van der Waals surface area (Å²) in [7, 11) is 3.56. The molecule has 0 radical (unpaired) electrons. The predicted molar refractivity (Wildman–Crippen MR) is 84.3 cm³/mol. The van der Waals surface area contributed by atoms with Crippen molar-refractivity contribution in [2.24, 2.45) is 11.7 Å². The molecule has 0 heterocycles. The van der Waals surface area contributed by atoms with E-state index in [4.69, 9.17) is 10.5 Å². The van der Waals surface area contributed by atoms with E-state index in [0.717, 1.165) is 41.7 Å². The lowest BCUT2D eigenvalue weighted by atomic mass is 10.0. The van der Waals surface area contributed by atoms with Gasteiger partial charge in [-0.1, -0.05) is 12.1 Å². The van der Waals surface area contributed by atoms with Gasteiger partial charge in [-0.15, -0.1) is 0 Å². The molecule has 0 aromatic heterocycles. The first-order valence-corrected chi connectivity index (χ1v) is 7.57. The van der Waals surface area contributed by atoms with Gasteiger partial charge in [-0.05, 0) is 49.8 Å². The summed E-state index contributed by atoms with van der Waals surface area (Å²) in [5, 5.41) is 0. The van der Waals surface area contributed by atoms with Crippen LogP contribution in [0.25, 0.3) is 0 Å². The fourth-order valence-corrected chi connectivity index (χ4v) is 3.36. The fraction of sp³-hybridized carbons (Fsp3) is 0.588. The third kappa shape index (κ3) is 3.56. The van der Waals surface area contributed by atoms with Gasteiger partial charge in [0.1, 0.15) is 5.75 Å². The highest BCUT2D eigenvalue weighted by atomic mass is 16.5. The molecule has 0 spiro atoms. The van der Waals surface area contributed by atoms with Crippen molar-refractivity contribution >= 4 is 5.91 Å². The molecule has 1 aliphatic rings. The summed E-state index contributed by atoms with van der Waals surface area (Å²) in [5.74, 6) is 1.24. The Hall–Kier alpha value is -1.55. The number of carbonyl (C=O) groups is 1. The zero-order valence-corrected chi connectivity index (χ0v) is 13.5. The summed E-state index contributed by atoms with van der Waals surface area (Å²) >= 11 is 0. The first-order chi connectivity index (χ1) is 9.92. The summed E-state index contributed by atoms with van der Waals surface area (Å²) in [6, 6.07) is 4.38. The molecule has 116 valence electrons. The van der Waals surface area contributed by atoms with Gasteiger partial charge in [0.05, 0.1) is 7.11 Å². The number of amides is 1. The second-order valence-electron chi connectivity index (χ2n) is 6.23. The Balaban J connectivity index is 2.05. The van der Waals surface area contributed by atoms with Crippen LogP contribution in [0, 0.1) is 19.8 Å². The number of carbonyl (C=O) groups excluding carboxylic acids is 1. The van der Waals surface area contributed by atoms with E-state index in [2.05, 4.69) is 12.1 Å². The van der Waals surface area contributed by atoms with Gasteiger partial charge in [-0.2, -0.15) is 0 Å². The summed E-state index contributed by atoms with van der Waals surface area (Å²) in [5.41, 5.74) is 9.26. The number of nitrogens with zero attached hydrogens (tertiary/aromatic N) is 1. The Kier molecular flexibility index (Phi) is 4.88. The number of aryl methyl sites for hydroxylation is 2. The van der Waals surface area contributed by atoms with Crippen LogP contribution in [0.5, 0.6) is 5.75 Å². The molecule has 1 saturated carbocycles. The van der Waals surface area contributed by atoms with Crippen molar-refractivity contribution in [3.8, 4) is 5.75 Å². The number of methoxy groups -OCH3 is 1. The SMILES string of the molecule is COc1c(C)cc(CN(C)C(=O)[C@@H]2CC[C@@H](N)C2)cc1C. The van der Waals surface area contributed by atoms with Gasteiger partial charge in [0.15, 0.2) is 0 Å². The molecule has 1 fully saturated rings. The summed E-state index contributed by atoms with van der Waals surface area (Å²) < 4.78 is 5.38. The maximum atomic E-state index is 12.4. The van der Waals surface area contributed by atoms with E-state index in [9.17, 15) is 4.79 Å². The minimum absolute atomic E-state index is 0.102. The number of ether oxygens (including phenoxy) is 1. The molecule has 1 amide bonds. The molecule has 1 aliphatic carbocycles. The normalized spacial score (nSPS) is 21.4. The van der Waals surface area contributed by atoms with Crippen molar-refractivity contribution in [2.75, 3.05) is 14.2 Å². The van der Waals surface area contributed by atoms with Crippen molar-refractivity contribution in [1.82, 2.24) is 4.90 Å².